The Labute approximate surface area is 242 Å². The zero-order valence-electron chi connectivity index (χ0n) is 24.2. The number of hydrogen-bond donors (Lipinski definition) is 2. The molecule has 2 unspecified atom stereocenters. The second-order valence-corrected chi connectivity index (χ2v) is 12.1. The lowest BCUT2D eigenvalue weighted by Crippen LogP contribution is -2.32. The smallest absolute Gasteiger partial charge is 0.305 e. The minimum atomic E-state index is -0.916. The van der Waals surface area contributed by atoms with Crippen LogP contribution < -0.4 is 10.2 Å². The van der Waals surface area contributed by atoms with Crippen molar-refractivity contribution in [2.24, 2.45) is 5.92 Å². The van der Waals surface area contributed by atoms with Gasteiger partial charge in [0, 0.05) is 66.1 Å². The number of fused-ring (bicyclic) bond motifs is 1. The number of nitrogens with one attached hydrogen (secondary N) is 1. The summed E-state index contributed by atoms with van der Waals surface area (Å²) in [6, 6.07) is 14.0. The van der Waals surface area contributed by atoms with Crippen LogP contribution in [-0.4, -0.2) is 60.1 Å². The summed E-state index contributed by atoms with van der Waals surface area (Å²) in [7, 11) is 1.63. The highest BCUT2D eigenvalue weighted by molar-refractivity contribution is 7.99. The van der Waals surface area contributed by atoms with Crippen molar-refractivity contribution in [2.75, 3.05) is 48.4 Å². The SMILES string of the molecule is CCCCCC(C)C(Nc1ccc(C(=O)N(C)CCC(=O)O)cc1)c1oc2ccc(N3CCSCC3)cc2c1C. The van der Waals surface area contributed by atoms with Crippen LogP contribution in [0.4, 0.5) is 11.4 Å². The Morgan fingerprint density at radius 3 is 2.52 bits per heavy atom. The minimum absolute atomic E-state index is 0.0149. The minimum Gasteiger partial charge on any atom is -0.481 e. The number of carbonyl (C=O) groups excluding carboxylic acids is 1. The Morgan fingerprint density at radius 1 is 1.12 bits per heavy atom. The standard InChI is InChI=1S/C32H43N3O4S/c1-5-6-7-8-22(2)30(33-25-11-9-24(10-12-25)32(38)34(4)16-15-29(36)37)31-23(3)27-21-26(13-14-28(27)39-31)35-17-19-40-20-18-35/h9-14,21-22,30,33H,5-8,15-20H2,1-4H3,(H,36,37). The van der Waals surface area contributed by atoms with Gasteiger partial charge in [0.1, 0.15) is 11.3 Å². The third-order valence-corrected chi connectivity index (χ3v) is 8.85. The predicted molar refractivity (Wildman–Crippen MR) is 166 cm³/mol. The predicted octanol–water partition coefficient (Wildman–Crippen LogP) is 7.21. The second kappa shape index (κ2) is 14.0. The van der Waals surface area contributed by atoms with E-state index in [9.17, 15) is 9.59 Å². The van der Waals surface area contributed by atoms with Crippen molar-refractivity contribution in [1.29, 1.82) is 0 Å². The van der Waals surface area contributed by atoms with Crippen LogP contribution in [0, 0.1) is 12.8 Å². The van der Waals surface area contributed by atoms with Gasteiger partial charge in [-0.15, -0.1) is 0 Å². The van der Waals surface area contributed by atoms with E-state index in [1.165, 1.54) is 40.8 Å². The van der Waals surface area contributed by atoms with E-state index < -0.39 is 5.97 Å². The molecule has 4 rings (SSSR count). The number of rotatable bonds is 13. The Bertz CT molecular complexity index is 1280. The number of carboxylic acid groups (broad SMARTS) is 1. The summed E-state index contributed by atoms with van der Waals surface area (Å²) >= 11 is 2.02. The summed E-state index contributed by atoms with van der Waals surface area (Å²) < 4.78 is 6.55. The van der Waals surface area contributed by atoms with E-state index in [0.29, 0.717) is 11.5 Å². The van der Waals surface area contributed by atoms with Gasteiger partial charge in [-0.1, -0.05) is 33.1 Å². The van der Waals surface area contributed by atoms with Gasteiger partial charge in [0.15, 0.2) is 0 Å². The van der Waals surface area contributed by atoms with Gasteiger partial charge in [-0.2, -0.15) is 11.8 Å². The first-order valence-electron chi connectivity index (χ1n) is 14.5. The van der Waals surface area contributed by atoms with Crippen LogP contribution in [-0.2, 0) is 4.79 Å². The topological polar surface area (TPSA) is 86.0 Å². The molecule has 2 heterocycles. The van der Waals surface area contributed by atoms with E-state index >= 15 is 0 Å². The van der Waals surface area contributed by atoms with Crippen molar-refractivity contribution in [3.8, 4) is 0 Å². The van der Waals surface area contributed by atoms with Crippen LogP contribution in [0.15, 0.2) is 46.9 Å². The van der Waals surface area contributed by atoms with Gasteiger partial charge >= 0.3 is 5.97 Å². The van der Waals surface area contributed by atoms with Crippen LogP contribution in [0.3, 0.4) is 0 Å². The molecule has 0 radical (unpaired) electrons. The fourth-order valence-electron chi connectivity index (χ4n) is 5.37. The highest BCUT2D eigenvalue weighted by Crippen LogP contribution is 2.38. The first-order chi connectivity index (χ1) is 19.3. The Kier molecular flexibility index (Phi) is 10.4. The normalized spacial score (nSPS) is 15.2. The van der Waals surface area contributed by atoms with Crippen molar-refractivity contribution < 1.29 is 19.1 Å². The number of anilines is 2. The maximum absolute atomic E-state index is 12.7. The Morgan fingerprint density at radius 2 is 1.85 bits per heavy atom. The molecule has 216 valence electrons. The molecule has 0 spiro atoms. The lowest BCUT2D eigenvalue weighted by atomic mass is 9.91. The molecule has 8 heteroatoms. The number of amides is 1. The number of benzene rings is 2. The molecule has 3 aromatic rings. The second-order valence-electron chi connectivity index (χ2n) is 10.9. The summed E-state index contributed by atoms with van der Waals surface area (Å²) in [5, 5.41) is 13.8. The maximum atomic E-state index is 12.7. The van der Waals surface area contributed by atoms with Crippen LogP contribution in [0.1, 0.15) is 73.7 Å². The van der Waals surface area contributed by atoms with Crippen molar-refractivity contribution in [1.82, 2.24) is 4.90 Å². The highest BCUT2D eigenvalue weighted by Gasteiger charge is 2.26. The molecule has 1 aliphatic rings. The van der Waals surface area contributed by atoms with E-state index in [2.05, 4.69) is 49.2 Å². The molecular weight excluding hydrogens is 522 g/mol. The summed E-state index contributed by atoms with van der Waals surface area (Å²) in [4.78, 5) is 27.5. The Hall–Kier alpha value is -3.13. The number of furan rings is 1. The van der Waals surface area contributed by atoms with E-state index in [1.54, 1.807) is 19.2 Å². The average molecular weight is 566 g/mol. The molecule has 2 N–H and O–H groups in total. The Balaban J connectivity index is 1.57. The van der Waals surface area contributed by atoms with Crippen molar-refractivity contribution >= 4 is 46.0 Å². The molecule has 1 amide bonds. The zero-order valence-corrected chi connectivity index (χ0v) is 25.1. The number of aryl methyl sites for hydroxylation is 1. The van der Waals surface area contributed by atoms with E-state index in [-0.39, 0.29) is 24.9 Å². The molecular formula is C32H43N3O4S. The molecule has 1 aliphatic heterocycles. The summed E-state index contributed by atoms with van der Waals surface area (Å²) in [5.74, 6) is 2.54. The number of thioether (sulfide) groups is 1. The number of hydrogen-bond acceptors (Lipinski definition) is 6. The van der Waals surface area contributed by atoms with Crippen molar-refractivity contribution in [3.63, 3.8) is 0 Å². The summed E-state index contributed by atoms with van der Waals surface area (Å²) in [5.41, 5.74) is 4.81. The number of carboxylic acids is 1. The maximum Gasteiger partial charge on any atom is 0.305 e. The third-order valence-electron chi connectivity index (χ3n) is 7.91. The van der Waals surface area contributed by atoms with Crippen LogP contribution in [0.2, 0.25) is 0 Å². The molecule has 0 bridgehead atoms. The van der Waals surface area contributed by atoms with Gasteiger partial charge in [-0.05, 0) is 61.7 Å². The monoisotopic (exact) mass is 565 g/mol. The molecule has 2 atom stereocenters. The van der Waals surface area contributed by atoms with Gasteiger partial charge in [0.05, 0.1) is 12.5 Å². The molecule has 0 saturated carbocycles. The summed E-state index contributed by atoms with van der Waals surface area (Å²) in [6.07, 6.45) is 4.57. The largest absolute Gasteiger partial charge is 0.481 e. The first-order valence-corrected chi connectivity index (χ1v) is 15.6. The van der Waals surface area contributed by atoms with Gasteiger partial charge < -0.3 is 24.6 Å². The van der Waals surface area contributed by atoms with Gasteiger partial charge in [0.2, 0.25) is 0 Å². The van der Waals surface area contributed by atoms with Gasteiger partial charge in [0.25, 0.3) is 5.91 Å². The molecule has 2 aromatic carbocycles. The van der Waals surface area contributed by atoms with Crippen molar-refractivity contribution in [2.45, 2.75) is 58.9 Å². The molecule has 7 nitrogen and oxygen atoms in total. The average Bonchev–Trinajstić information content (AvgIpc) is 3.30. The zero-order chi connectivity index (χ0) is 28.6. The first kappa shape index (κ1) is 29.8. The third kappa shape index (κ3) is 7.33. The van der Waals surface area contributed by atoms with E-state index in [0.717, 1.165) is 48.0 Å². The van der Waals surface area contributed by atoms with E-state index in [4.69, 9.17) is 9.52 Å². The molecule has 1 aromatic heterocycles. The fourth-order valence-corrected chi connectivity index (χ4v) is 6.27. The van der Waals surface area contributed by atoms with Crippen molar-refractivity contribution in [3.05, 3.63) is 59.4 Å². The number of carbonyl (C=O) groups is 2. The van der Waals surface area contributed by atoms with Crippen LogP contribution >= 0.6 is 11.8 Å². The lowest BCUT2D eigenvalue weighted by Gasteiger charge is -2.28. The van der Waals surface area contributed by atoms with Gasteiger partial charge in [-0.3, -0.25) is 9.59 Å². The van der Waals surface area contributed by atoms with Gasteiger partial charge in [-0.25, -0.2) is 0 Å². The molecule has 0 aliphatic carbocycles. The molecule has 1 fully saturated rings. The van der Waals surface area contributed by atoms with Crippen LogP contribution in [0.5, 0.6) is 0 Å². The number of nitrogens with zero attached hydrogens (tertiary/aromatic N) is 2. The lowest BCUT2D eigenvalue weighted by molar-refractivity contribution is -0.137. The quantitative estimate of drug-likeness (QED) is 0.212. The number of aliphatic carboxylic acids is 1. The number of unbranched alkanes of at least 4 members (excludes halogenated alkanes) is 2. The van der Waals surface area contributed by atoms with Crippen LogP contribution in [0.25, 0.3) is 11.0 Å². The van der Waals surface area contributed by atoms with E-state index in [1.807, 2.05) is 23.9 Å². The fraction of sp³-hybridized carbons (Fsp3) is 0.500. The highest BCUT2D eigenvalue weighted by atomic mass is 32.2. The molecule has 1 saturated heterocycles. The molecule has 40 heavy (non-hydrogen) atoms. The summed E-state index contributed by atoms with van der Waals surface area (Å²) in [6.45, 7) is 9.00.